The van der Waals surface area contributed by atoms with E-state index >= 15 is 0 Å². The van der Waals surface area contributed by atoms with Gasteiger partial charge in [-0.25, -0.2) is 0 Å². The zero-order valence-corrected chi connectivity index (χ0v) is 15.1. The molecule has 0 radical (unpaired) electrons. The van der Waals surface area contributed by atoms with Crippen LogP contribution in [0, 0.1) is 0 Å². The second kappa shape index (κ2) is 7.03. The summed E-state index contributed by atoms with van der Waals surface area (Å²) in [5.74, 6) is 1.11. The molecule has 4 rings (SSSR count). The van der Waals surface area contributed by atoms with E-state index in [0.717, 1.165) is 51.7 Å². The first-order valence-corrected chi connectivity index (χ1v) is 9.58. The van der Waals surface area contributed by atoms with Crippen molar-refractivity contribution in [3.05, 3.63) is 28.8 Å². The summed E-state index contributed by atoms with van der Waals surface area (Å²) in [6.45, 7) is 11.3. The van der Waals surface area contributed by atoms with E-state index in [1.54, 1.807) is 5.56 Å². The third-order valence-corrected chi connectivity index (χ3v) is 5.82. The maximum atomic E-state index is 5.97. The monoisotopic (exact) mass is 330 g/mol. The van der Waals surface area contributed by atoms with Gasteiger partial charge in [0.25, 0.3) is 0 Å². The number of hydrogen-bond acceptors (Lipinski definition) is 4. The Balaban J connectivity index is 1.49. The number of aryl methyl sites for hydroxylation is 2. The number of rotatable bonds is 4. The van der Waals surface area contributed by atoms with Crippen molar-refractivity contribution in [1.82, 2.24) is 9.80 Å². The van der Waals surface area contributed by atoms with Crippen LogP contribution in [-0.4, -0.2) is 61.3 Å². The summed E-state index contributed by atoms with van der Waals surface area (Å²) in [6.07, 6.45) is 3.74. The number of fused-ring (bicyclic) bond motifs is 2. The molecule has 0 saturated carbocycles. The van der Waals surface area contributed by atoms with E-state index in [0.29, 0.717) is 12.1 Å². The van der Waals surface area contributed by atoms with Crippen LogP contribution in [0.1, 0.15) is 37.0 Å². The summed E-state index contributed by atoms with van der Waals surface area (Å²) < 4.78 is 11.7. The van der Waals surface area contributed by atoms with Crippen LogP contribution in [0.3, 0.4) is 0 Å². The van der Waals surface area contributed by atoms with Gasteiger partial charge in [0, 0.05) is 43.8 Å². The van der Waals surface area contributed by atoms with Crippen LogP contribution in [0.15, 0.2) is 12.1 Å². The Bertz CT molecular complexity index is 589. The zero-order valence-electron chi connectivity index (χ0n) is 15.1. The maximum absolute atomic E-state index is 5.97. The van der Waals surface area contributed by atoms with E-state index in [1.807, 2.05) is 0 Å². The summed E-state index contributed by atoms with van der Waals surface area (Å²) >= 11 is 0. The molecule has 2 fully saturated rings. The molecule has 0 bridgehead atoms. The Labute approximate surface area is 145 Å². The number of nitrogens with zero attached hydrogens (tertiary/aromatic N) is 2. The topological polar surface area (TPSA) is 24.9 Å². The first kappa shape index (κ1) is 16.4. The summed E-state index contributed by atoms with van der Waals surface area (Å²) in [5.41, 5.74) is 4.42. The molecule has 2 aliphatic heterocycles. The van der Waals surface area contributed by atoms with Crippen LogP contribution < -0.4 is 4.74 Å². The number of morpholine rings is 1. The molecular formula is C20H30N2O2. The van der Waals surface area contributed by atoms with Gasteiger partial charge in [-0.15, -0.1) is 0 Å². The van der Waals surface area contributed by atoms with Crippen molar-refractivity contribution >= 4 is 0 Å². The van der Waals surface area contributed by atoms with Gasteiger partial charge < -0.3 is 9.47 Å². The molecule has 4 heteroatoms. The zero-order chi connectivity index (χ0) is 16.5. The van der Waals surface area contributed by atoms with E-state index in [9.17, 15) is 0 Å². The van der Waals surface area contributed by atoms with Gasteiger partial charge >= 0.3 is 0 Å². The highest BCUT2D eigenvalue weighted by Gasteiger charge is 2.33. The number of piperazine rings is 1. The summed E-state index contributed by atoms with van der Waals surface area (Å²) in [5, 5.41) is 0. The van der Waals surface area contributed by atoms with Gasteiger partial charge in [-0.05, 0) is 50.3 Å². The number of hydrogen-bond donors (Lipinski definition) is 0. The molecule has 0 N–H and O–H groups in total. The highest BCUT2D eigenvalue weighted by molar-refractivity contribution is 5.45. The Morgan fingerprint density at radius 3 is 2.83 bits per heavy atom. The summed E-state index contributed by atoms with van der Waals surface area (Å²) in [6, 6.07) is 5.83. The van der Waals surface area contributed by atoms with Crippen LogP contribution in [0.5, 0.6) is 5.75 Å². The summed E-state index contributed by atoms with van der Waals surface area (Å²) in [7, 11) is 0. The molecule has 0 unspecified atom stereocenters. The van der Waals surface area contributed by atoms with Gasteiger partial charge in [-0.2, -0.15) is 0 Å². The van der Waals surface area contributed by atoms with Crippen LogP contribution >= 0.6 is 0 Å². The van der Waals surface area contributed by atoms with Crippen LogP contribution in [0.2, 0.25) is 0 Å². The fourth-order valence-electron chi connectivity index (χ4n) is 4.58. The van der Waals surface area contributed by atoms with Crippen LogP contribution in [-0.2, 0) is 24.1 Å². The molecule has 1 aromatic carbocycles. The Hall–Kier alpha value is -1.10. The quantitative estimate of drug-likeness (QED) is 0.847. The molecule has 132 valence electrons. The Morgan fingerprint density at radius 1 is 1.17 bits per heavy atom. The SMILES string of the molecule is CCOc1cc2c(cc1CN1CCN3[C@@H](COC[C@@H]3C)C1)CCC2. The lowest BCUT2D eigenvalue weighted by Gasteiger charge is -2.47. The second-order valence-electron chi connectivity index (χ2n) is 7.53. The van der Waals surface area contributed by atoms with Crippen molar-refractivity contribution in [3.63, 3.8) is 0 Å². The minimum atomic E-state index is 0.549. The minimum absolute atomic E-state index is 0.549. The predicted octanol–water partition coefficient (Wildman–Crippen LogP) is 2.48. The fraction of sp³-hybridized carbons (Fsp3) is 0.700. The fourth-order valence-corrected chi connectivity index (χ4v) is 4.58. The van der Waals surface area contributed by atoms with Crippen LogP contribution in [0.4, 0.5) is 0 Å². The molecule has 24 heavy (non-hydrogen) atoms. The lowest BCUT2D eigenvalue weighted by Crippen LogP contribution is -2.60. The lowest BCUT2D eigenvalue weighted by atomic mass is 10.0. The summed E-state index contributed by atoms with van der Waals surface area (Å²) in [4.78, 5) is 5.22. The first-order valence-electron chi connectivity index (χ1n) is 9.58. The molecule has 2 atom stereocenters. The normalized spacial score (nSPS) is 27.8. The first-order chi connectivity index (χ1) is 11.7. The molecule has 3 aliphatic rings. The van der Waals surface area contributed by atoms with E-state index in [-0.39, 0.29) is 0 Å². The van der Waals surface area contributed by atoms with Gasteiger partial charge in [0.2, 0.25) is 0 Å². The van der Waals surface area contributed by atoms with Crippen LogP contribution in [0.25, 0.3) is 0 Å². The van der Waals surface area contributed by atoms with Gasteiger partial charge in [-0.1, -0.05) is 6.07 Å². The van der Waals surface area contributed by atoms with Crippen molar-refractivity contribution in [1.29, 1.82) is 0 Å². The Kier molecular flexibility index (Phi) is 4.79. The predicted molar refractivity (Wildman–Crippen MR) is 95.7 cm³/mol. The molecule has 0 spiro atoms. The maximum Gasteiger partial charge on any atom is 0.124 e. The van der Waals surface area contributed by atoms with Gasteiger partial charge in [-0.3, -0.25) is 9.80 Å². The molecule has 2 heterocycles. The van der Waals surface area contributed by atoms with Crippen molar-refractivity contribution in [2.75, 3.05) is 39.5 Å². The van der Waals surface area contributed by atoms with E-state index in [4.69, 9.17) is 9.47 Å². The van der Waals surface area contributed by atoms with Crippen molar-refractivity contribution in [3.8, 4) is 5.75 Å². The minimum Gasteiger partial charge on any atom is -0.494 e. The molecule has 1 aromatic rings. The molecule has 2 saturated heterocycles. The van der Waals surface area contributed by atoms with Gasteiger partial charge in [0.1, 0.15) is 5.75 Å². The Morgan fingerprint density at radius 2 is 2.00 bits per heavy atom. The third kappa shape index (κ3) is 3.19. The lowest BCUT2D eigenvalue weighted by molar-refractivity contribution is -0.0766. The highest BCUT2D eigenvalue weighted by Crippen LogP contribution is 2.31. The molecule has 4 nitrogen and oxygen atoms in total. The van der Waals surface area contributed by atoms with Gasteiger partial charge in [0.05, 0.1) is 19.8 Å². The smallest absolute Gasteiger partial charge is 0.124 e. The third-order valence-electron chi connectivity index (χ3n) is 5.82. The second-order valence-corrected chi connectivity index (χ2v) is 7.53. The van der Waals surface area contributed by atoms with Gasteiger partial charge in [0.15, 0.2) is 0 Å². The van der Waals surface area contributed by atoms with Crippen molar-refractivity contribution in [2.24, 2.45) is 0 Å². The highest BCUT2D eigenvalue weighted by atomic mass is 16.5. The number of benzene rings is 1. The molecule has 0 amide bonds. The molecular weight excluding hydrogens is 300 g/mol. The van der Waals surface area contributed by atoms with Crippen molar-refractivity contribution < 1.29 is 9.47 Å². The van der Waals surface area contributed by atoms with E-state index in [2.05, 4.69) is 35.8 Å². The van der Waals surface area contributed by atoms with E-state index < -0.39 is 0 Å². The largest absolute Gasteiger partial charge is 0.494 e. The van der Waals surface area contributed by atoms with E-state index in [1.165, 1.54) is 30.4 Å². The van der Waals surface area contributed by atoms with Crippen molar-refractivity contribution in [2.45, 2.75) is 51.7 Å². The average molecular weight is 330 g/mol. The standard InChI is InChI=1S/C20H30N2O2/c1-3-24-20-10-17-6-4-5-16(17)9-18(20)11-21-7-8-22-15(2)13-23-14-19(22)12-21/h9-10,15,19H,3-8,11-14H2,1-2H3/t15-,19+/m0/s1. The molecule has 0 aromatic heterocycles. The average Bonchev–Trinajstić information content (AvgIpc) is 3.03. The number of ether oxygens (including phenoxy) is 2. The molecule has 1 aliphatic carbocycles.